The van der Waals surface area contributed by atoms with E-state index >= 15 is 0 Å². The minimum atomic E-state index is 0.334. The molecule has 0 unspecified atom stereocenters. The number of hydrogen-bond acceptors (Lipinski definition) is 2. The zero-order valence-corrected chi connectivity index (χ0v) is 12.0. The minimum Gasteiger partial charge on any atom is -0.371 e. The van der Waals surface area contributed by atoms with Crippen molar-refractivity contribution < 1.29 is 0 Å². The molecule has 0 aliphatic carbocycles. The third kappa shape index (κ3) is 3.26. The Kier molecular flexibility index (Phi) is 3.96. The Bertz CT molecular complexity index is 398. The van der Waals surface area contributed by atoms with Gasteiger partial charge in [-0.15, -0.1) is 0 Å². The van der Waals surface area contributed by atoms with Crippen molar-refractivity contribution >= 4 is 5.69 Å². The van der Waals surface area contributed by atoms with E-state index in [4.69, 9.17) is 5.73 Å². The number of anilines is 1. The topological polar surface area (TPSA) is 29.3 Å². The van der Waals surface area contributed by atoms with Gasteiger partial charge in [-0.2, -0.15) is 0 Å². The predicted octanol–water partition coefficient (Wildman–Crippen LogP) is 3.33. The molecule has 100 valence electrons. The van der Waals surface area contributed by atoms with Crippen molar-refractivity contribution in [2.24, 2.45) is 11.1 Å². The quantitative estimate of drug-likeness (QED) is 0.886. The lowest BCUT2D eigenvalue weighted by molar-refractivity contribution is 0.411. The molecule has 18 heavy (non-hydrogen) atoms. The lowest BCUT2D eigenvalue weighted by atomic mass is 9.87. The SMILES string of the molecule is CC(C)(C)Cc1ccc(N2CCCC2)c(CN)c1. The van der Waals surface area contributed by atoms with Gasteiger partial charge in [-0.05, 0) is 41.9 Å². The fourth-order valence-electron chi connectivity index (χ4n) is 2.79. The van der Waals surface area contributed by atoms with Crippen LogP contribution in [0.15, 0.2) is 18.2 Å². The Morgan fingerprint density at radius 3 is 2.39 bits per heavy atom. The van der Waals surface area contributed by atoms with Crippen molar-refractivity contribution in [1.29, 1.82) is 0 Å². The molecule has 2 N–H and O–H groups in total. The summed E-state index contributed by atoms with van der Waals surface area (Å²) in [5, 5.41) is 0. The Morgan fingerprint density at radius 1 is 1.17 bits per heavy atom. The zero-order valence-electron chi connectivity index (χ0n) is 12.0. The van der Waals surface area contributed by atoms with Gasteiger partial charge in [0.2, 0.25) is 0 Å². The molecule has 0 saturated carbocycles. The van der Waals surface area contributed by atoms with Crippen molar-refractivity contribution in [2.75, 3.05) is 18.0 Å². The molecule has 0 bridgehead atoms. The number of benzene rings is 1. The number of hydrogen-bond donors (Lipinski definition) is 1. The van der Waals surface area contributed by atoms with Crippen LogP contribution < -0.4 is 10.6 Å². The van der Waals surface area contributed by atoms with Crippen LogP contribution in [0.2, 0.25) is 0 Å². The molecule has 2 nitrogen and oxygen atoms in total. The van der Waals surface area contributed by atoms with Crippen molar-refractivity contribution in [2.45, 2.75) is 46.6 Å². The smallest absolute Gasteiger partial charge is 0.0411 e. The molecule has 1 aromatic carbocycles. The van der Waals surface area contributed by atoms with E-state index < -0.39 is 0 Å². The van der Waals surface area contributed by atoms with Crippen molar-refractivity contribution in [3.8, 4) is 0 Å². The molecule has 0 radical (unpaired) electrons. The summed E-state index contributed by atoms with van der Waals surface area (Å²) in [5.41, 5.74) is 10.3. The van der Waals surface area contributed by atoms with E-state index in [-0.39, 0.29) is 0 Å². The normalized spacial score (nSPS) is 16.3. The van der Waals surface area contributed by atoms with Crippen LogP contribution in [0, 0.1) is 5.41 Å². The summed E-state index contributed by atoms with van der Waals surface area (Å²) in [4.78, 5) is 2.48. The molecule has 0 spiro atoms. The summed E-state index contributed by atoms with van der Waals surface area (Å²) in [6, 6.07) is 6.85. The van der Waals surface area contributed by atoms with E-state index in [2.05, 4.69) is 43.9 Å². The summed E-state index contributed by atoms with van der Waals surface area (Å²) in [6.45, 7) is 9.86. The molecule has 1 saturated heterocycles. The number of rotatable bonds is 3. The average molecular weight is 246 g/mol. The molecule has 0 aromatic heterocycles. The van der Waals surface area contributed by atoms with Gasteiger partial charge in [-0.1, -0.05) is 32.9 Å². The second kappa shape index (κ2) is 5.31. The van der Waals surface area contributed by atoms with Crippen LogP contribution in [0.5, 0.6) is 0 Å². The van der Waals surface area contributed by atoms with Gasteiger partial charge < -0.3 is 10.6 Å². The predicted molar refractivity (Wildman–Crippen MR) is 78.9 cm³/mol. The Labute approximate surface area is 111 Å². The van der Waals surface area contributed by atoms with Crippen molar-refractivity contribution in [1.82, 2.24) is 0 Å². The lowest BCUT2D eigenvalue weighted by Crippen LogP contribution is -2.20. The van der Waals surface area contributed by atoms with Crippen LogP contribution in [0.1, 0.15) is 44.7 Å². The second-order valence-corrected chi connectivity index (χ2v) is 6.60. The fourth-order valence-corrected chi connectivity index (χ4v) is 2.79. The maximum atomic E-state index is 5.92. The van der Waals surface area contributed by atoms with Gasteiger partial charge in [0.15, 0.2) is 0 Å². The molecule has 1 aromatic rings. The molecular formula is C16H26N2. The first-order valence-electron chi connectivity index (χ1n) is 7.06. The van der Waals surface area contributed by atoms with E-state index in [0.717, 1.165) is 6.42 Å². The fraction of sp³-hybridized carbons (Fsp3) is 0.625. The lowest BCUT2D eigenvalue weighted by Gasteiger charge is -2.23. The highest BCUT2D eigenvalue weighted by Gasteiger charge is 2.17. The summed E-state index contributed by atoms with van der Waals surface area (Å²) in [7, 11) is 0. The Hall–Kier alpha value is -1.02. The van der Waals surface area contributed by atoms with Gasteiger partial charge in [-0.25, -0.2) is 0 Å². The van der Waals surface area contributed by atoms with Gasteiger partial charge in [0.05, 0.1) is 0 Å². The first-order chi connectivity index (χ1) is 8.49. The molecule has 1 heterocycles. The van der Waals surface area contributed by atoms with Crippen LogP contribution in [-0.2, 0) is 13.0 Å². The van der Waals surface area contributed by atoms with Gasteiger partial charge >= 0.3 is 0 Å². The van der Waals surface area contributed by atoms with Gasteiger partial charge in [0.1, 0.15) is 0 Å². The summed E-state index contributed by atoms with van der Waals surface area (Å²) in [6.07, 6.45) is 3.74. The third-order valence-electron chi connectivity index (χ3n) is 3.55. The molecule has 1 aliphatic heterocycles. The molecule has 1 fully saturated rings. The standard InChI is InChI=1S/C16H26N2/c1-16(2,3)11-13-6-7-15(14(10-13)12-17)18-8-4-5-9-18/h6-7,10H,4-5,8-9,11-12,17H2,1-3H3. The van der Waals surface area contributed by atoms with Crippen LogP contribution in [0.3, 0.4) is 0 Å². The minimum absolute atomic E-state index is 0.334. The summed E-state index contributed by atoms with van der Waals surface area (Å²) >= 11 is 0. The molecule has 1 aliphatic rings. The monoisotopic (exact) mass is 246 g/mol. The van der Waals surface area contributed by atoms with Crippen LogP contribution in [0.4, 0.5) is 5.69 Å². The maximum absolute atomic E-state index is 5.92. The highest BCUT2D eigenvalue weighted by molar-refractivity contribution is 5.55. The second-order valence-electron chi connectivity index (χ2n) is 6.60. The largest absolute Gasteiger partial charge is 0.371 e. The average Bonchev–Trinajstić information content (AvgIpc) is 2.80. The van der Waals surface area contributed by atoms with E-state index in [1.807, 2.05) is 0 Å². The zero-order chi connectivity index (χ0) is 13.2. The van der Waals surface area contributed by atoms with Crippen molar-refractivity contribution in [3.63, 3.8) is 0 Å². The first kappa shape index (κ1) is 13.4. The van der Waals surface area contributed by atoms with Gasteiger partial charge in [-0.3, -0.25) is 0 Å². The van der Waals surface area contributed by atoms with E-state index in [1.165, 1.54) is 42.7 Å². The number of nitrogens with two attached hydrogens (primary N) is 1. The highest BCUT2D eigenvalue weighted by atomic mass is 15.1. The summed E-state index contributed by atoms with van der Waals surface area (Å²) in [5.74, 6) is 0. The van der Waals surface area contributed by atoms with Crippen molar-refractivity contribution in [3.05, 3.63) is 29.3 Å². The van der Waals surface area contributed by atoms with Gasteiger partial charge in [0, 0.05) is 25.3 Å². The van der Waals surface area contributed by atoms with Crippen LogP contribution >= 0.6 is 0 Å². The molecule has 2 heteroatoms. The molecular weight excluding hydrogens is 220 g/mol. The third-order valence-corrected chi connectivity index (χ3v) is 3.55. The first-order valence-corrected chi connectivity index (χ1v) is 7.06. The summed E-state index contributed by atoms with van der Waals surface area (Å²) < 4.78 is 0. The molecule has 2 rings (SSSR count). The molecule has 0 atom stereocenters. The number of nitrogens with zero attached hydrogens (tertiary/aromatic N) is 1. The highest BCUT2D eigenvalue weighted by Crippen LogP contribution is 2.28. The Balaban J connectivity index is 2.22. The van der Waals surface area contributed by atoms with Crippen LogP contribution in [0.25, 0.3) is 0 Å². The molecule has 0 amide bonds. The van der Waals surface area contributed by atoms with Crippen LogP contribution in [-0.4, -0.2) is 13.1 Å². The van der Waals surface area contributed by atoms with E-state index in [0.29, 0.717) is 12.0 Å². The van der Waals surface area contributed by atoms with E-state index in [1.54, 1.807) is 0 Å². The Morgan fingerprint density at radius 2 is 1.83 bits per heavy atom. The van der Waals surface area contributed by atoms with Gasteiger partial charge in [0.25, 0.3) is 0 Å². The maximum Gasteiger partial charge on any atom is 0.0411 e. The van der Waals surface area contributed by atoms with E-state index in [9.17, 15) is 0 Å².